The first kappa shape index (κ1) is 13.8. The van der Waals surface area contributed by atoms with Crippen molar-refractivity contribution in [3.05, 3.63) is 23.5 Å². The highest BCUT2D eigenvalue weighted by atomic mass is 16.5. The number of rotatable bonds is 3. The Kier molecular flexibility index (Phi) is 3.72. The third-order valence-electron chi connectivity index (χ3n) is 3.84. The van der Waals surface area contributed by atoms with Crippen LogP contribution >= 0.6 is 0 Å². The molecule has 0 spiro atoms. The number of anilines is 2. The van der Waals surface area contributed by atoms with Crippen molar-refractivity contribution in [2.75, 3.05) is 23.7 Å². The molecule has 3 rings (SSSR count). The minimum Gasteiger partial charge on any atom is -0.368 e. The number of aryl methyl sites for hydroxylation is 2. The second-order valence-electron chi connectivity index (χ2n) is 5.59. The fraction of sp³-hybridized carbons (Fsp3) is 0.571. The molecular formula is C14H20N6O. The molecule has 112 valence electrons. The van der Waals surface area contributed by atoms with Crippen LogP contribution < -0.4 is 10.6 Å². The molecule has 21 heavy (non-hydrogen) atoms. The van der Waals surface area contributed by atoms with E-state index in [1.165, 1.54) is 0 Å². The zero-order chi connectivity index (χ0) is 14.8. The summed E-state index contributed by atoms with van der Waals surface area (Å²) in [6.45, 7) is 5.70. The second-order valence-corrected chi connectivity index (χ2v) is 5.59. The SMILES string of the molecule is Cc1cc(N2CCC(Cc3noc(C)n3)CC2)nc(N)n1. The first-order valence-corrected chi connectivity index (χ1v) is 7.25. The Labute approximate surface area is 123 Å². The molecule has 1 fully saturated rings. The standard InChI is InChI=1S/C14H20N6O/c1-9-7-13(18-14(15)16-9)20-5-3-11(4-6-20)8-12-17-10(2)21-19-12/h7,11H,3-6,8H2,1-2H3,(H2,15,16,18). The first-order valence-electron chi connectivity index (χ1n) is 7.25. The van der Waals surface area contributed by atoms with Gasteiger partial charge in [-0.25, -0.2) is 4.98 Å². The summed E-state index contributed by atoms with van der Waals surface area (Å²) >= 11 is 0. The number of piperidine rings is 1. The average molecular weight is 288 g/mol. The third kappa shape index (κ3) is 3.29. The molecule has 0 atom stereocenters. The van der Waals surface area contributed by atoms with Gasteiger partial charge < -0.3 is 15.2 Å². The van der Waals surface area contributed by atoms with Crippen molar-refractivity contribution < 1.29 is 4.52 Å². The van der Waals surface area contributed by atoms with E-state index in [1.54, 1.807) is 0 Å². The van der Waals surface area contributed by atoms with E-state index in [2.05, 4.69) is 25.0 Å². The Morgan fingerprint density at radius 2 is 2.00 bits per heavy atom. The largest absolute Gasteiger partial charge is 0.368 e. The molecule has 7 nitrogen and oxygen atoms in total. The predicted octanol–water partition coefficient (Wildman–Crippen LogP) is 1.52. The molecule has 1 saturated heterocycles. The Morgan fingerprint density at radius 1 is 1.24 bits per heavy atom. The van der Waals surface area contributed by atoms with Gasteiger partial charge in [0.15, 0.2) is 5.82 Å². The van der Waals surface area contributed by atoms with Gasteiger partial charge in [0.2, 0.25) is 11.8 Å². The van der Waals surface area contributed by atoms with Crippen LogP contribution in [-0.4, -0.2) is 33.2 Å². The zero-order valence-electron chi connectivity index (χ0n) is 12.4. The summed E-state index contributed by atoms with van der Waals surface area (Å²) in [4.78, 5) is 15.0. The van der Waals surface area contributed by atoms with Crippen molar-refractivity contribution in [1.29, 1.82) is 0 Å². The van der Waals surface area contributed by atoms with Crippen LogP contribution in [0, 0.1) is 19.8 Å². The van der Waals surface area contributed by atoms with Gasteiger partial charge >= 0.3 is 0 Å². The summed E-state index contributed by atoms with van der Waals surface area (Å²) in [6.07, 6.45) is 3.07. The van der Waals surface area contributed by atoms with Gasteiger partial charge in [0.25, 0.3) is 0 Å². The molecule has 0 unspecified atom stereocenters. The van der Waals surface area contributed by atoms with Crippen LogP contribution in [-0.2, 0) is 6.42 Å². The van der Waals surface area contributed by atoms with Crippen LogP contribution in [0.5, 0.6) is 0 Å². The molecule has 0 bridgehead atoms. The lowest BCUT2D eigenvalue weighted by Crippen LogP contribution is -2.35. The lowest BCUT2D eigenvalue weighted by atomic mass is 9.93. The van der Waals surface area contributed by atoms with Gasteiger partial charge in [-0.05, 0) is 25.7 Å². The van der Waals surface area contributed by atoms with Crippen LogP contribution in [0.15, 0.2) is 10.6 Å². The number of hydrogen-bond acceptors (Lipinski definition) is 7. The molecule has 0 aliphatic carbocycles. The van der Waals surface area contributed by atoms with E-state index in [0.717, 1.165) is 49.7 Å². The van der Waals surface area contributed by atoms with Crippen LogP contribution in [0.3, 0.4) is 0 Å². The molecule has 3 heterocycles. The molecule has 2 N–H and O–H groups in total. The van der Waals surface area contributed by atoms with E-state index >= 15 is 0 Å². The lowest BCUT2D eigenvalue weighted by molar-refractivity contribution is 0.365. The highest BCUT2D eigenvalue weighted by Crippen LogP contribution is 2.24. The van der Waals surface area contributed by atoms with Crippen molar-refractivity contribution in [1.82, 2.24) is 20.1 Å². The smallest absolute Gasteiger partial charge is 0.223 e. The second kappa shape index (κ2) is 5.67. The average Bonchev–Trinajstić information content (AvgIpc) is 2.84. The zero-order valence-corrected chi connectivity index (χ0v) is 12.4. The van der Waals surface area contributed by atoms with E-state index in [-0.39, 0.29) is 0 Å². The van der Waals surface area contributed by atoms with Crippen molar-refractivity contribution >= 4 is 11.8 Å². The third-order valence-corrected chi connectivity index (χ3v) is 3.84. The van der Waals surface area contributed by atoms with Gasteiger partial charge in [-0.2, -0.15) is 9.97 Å². The van der Waals surface area contributed by atoms with Gasteiger partial charge in [0, 0.05) is 38.2 Å². The molecule has 2 aromatic heterocycles. The summed E-state index contributed by atoms with van der Waals surface area (Å²) in [5.74, 6) is 3.31. The number of aromatic nitrogens is 4. The van der Waals surface area contributed by atoms with Crippen LogP contribution in [0.4, 0.5) is 11.8 Å². The van der Waals surface area contributed by atoms with Crippen LogP contribution in [0.1, 0.15) is 30.3 Å². The normalized spacial score (nSPS) is 16.4. The quantitative estimate of drug-likeness (QED) is 0.914. The molecule has 7 heteroatoms. The highest BCUT2D eigenvalue weighted by Gasteiger charge is 2.22. The van der Waals surface area contributed by atoms with Crippen molar-refractivity contribution in [2.45, 2.75) is 33.1 Å². The summed E-state index contributed by atoms with van der Waals surface area (Å²) in [5, 5.41) is 3.97. The Morgan fingerprint density at radius 3 is 2.62 bits per heavy atom. The minimum absolute atomic E-state index is 0.342. The van der Waals surface area contributed by atoms with Gasteiger partial charge in [-0.15, -0.1) is 0 Å². The summed E-state index contributed by atoms with van der Waals surface area (Å²) in [6, 6.07) is 1.99. The summed E-state index contributed by atoms with van der Waals surface area (Å²) in [7, 11) is 0. The topological polar surface area (TPSA) is 94.0 Å². The molecule has 0 radical (unpaired) electrons. The van der Waals surface area contributed by atoms with Gasteiger partial charge in [-0.3, -0.25) is 0 Å². The van der Waals surface area contributed by atoms with Crippen LogP contribution in [0.25, 0.3) is 0 Å². The number of nitrogens with two attached hydrogens (primary N) is 1. The van der Waals surface area contributed by atoms with E-state index in [9.17, 15) is 0 Å². The monoisotopic (exact) mass is 288 g/mol. The Balaban J connectivity index is 1.59. The molecular weight excluding hydrogens is 268 g/mol. The maximum atomic E-state index is 5.72. The van der Waals surface area contributed by atoms with Gasteiger partial charge in [0.1, 0.15) is 5.82 Å². The van der Waals surface area contributed by atoms with Gasteiger partial charge in [-0.1, -0.05) is 5.16 Å². The van der Waals surface area contributed by atoms with Gasteiger partial charge in [0.05, 0.1) is 0 Å². The summed E-state index contributed by atoms with van der Waals surface area (Å²) < 4.78 is 5.02. The molecule has 2 aromatic rings. The maximum Gasteiger partial charge on any atom is 0.223 e. The fourth-order valence-electron chi connectivity index (χ4n) is 2.79. The van der Waals surface area contributed by atoms with E-state index in [4.69, 9.17) is 10.3 Å². The van der Waals surface area contributed by atoms with Crippen molar-refractivity contribution in [3.63, 3.8) is 0 Å². The predicted molar refractivity (Wildman–Crippen MR) is 78.9 cm³/mol. The Bertz CT molecular complexity index is 597. The molecule has 0 saturated carbocycles. The van der Waals surface area contributed by atoms with Crippen molar-refractivity contribution in [3.8, 4) is 0 Å². The molecule has 1 aliphatic heterocycles. The molecule has 1 aliphatic rings. The van der Waals surface area contributed by atoms with Crippen molar-refractivity contribution in [2.24, 2.45) is 5.92 Å². The van der Waals surface area contributed by atoms with E-state index in [0.29, 0.717) is 17.8 Å². The number of hydrogen-bond donors (Lipinski definition) is 1. The number of nitrogen functional groups attached to an aromatic ring is 1. The minimum atomic E-state index is 0.342. The maximum absolute atomic E-state index is 5.72. The number of nitrogens with zero attached hydrogens (tertiary/aromatic N) is 5. The Hall–Kier alpha value is -2.18. The molecule has 0 amide bonds. The fourth-order valence-corrected chi connectivity index (χ4v) is 2.79. The first-order chi connectivity index (χ1) is 10.1. The van der Waals surface area contributed by atoms with Crippen LogP contribution in [0.2, 0.25) is 0 Å². The molecule has 0 aromatic carbocycles. The summed E-state index contributed by atoms with van der Waals surface area (Å²) in [5.41, 5.74) is 6.63. The highest BCUT2D eigenvalue weighted by molar-refractivity contribution is 5.43. The van der Waals surface area contributed by atoms with E-state index < -0.39 is 0 Å². The lowest BCUT2D eigenvalue weighted by Gasteiger charge is -2.32. The van der Waals surface area contributed by atoms with E-state index in [1.807, 2.05) is 19.9 Å².